The SMILES string of the molecule is CO[C@H]1CN(C(=O)c2cc(-c3ccccc3)nc3ccccc23)CC[C@H]1N. The third-order valence-corrected chi connectivity index (χ3v) is 5.22. The molecule has 1 aliphatic rings. The van der Waals surface area contributed by atoms with E-state index in [1.54, 1.807) is 7.11 Å². The van der Waals surface area contributed by atoms with Crippen molar-refractivity contribution >= 4 is 16.8 Å². The summed E-state index contributed by atoms with van der Waals surface area (Å²) in [5.74, 6) is -0.000249. The Morgan fingerprint density at radius 3 is 2.67 bits per heavy atom. The topological polar surface area (TPSA) is 68.5 Å². The van der Waals surface area contributed by atoms with Gasteiger partial charge in [0.1, 0.15) is 0 Å². The van der Waals surface area contributed by atoms with Crippen molar-refractivity contribution in [3.05, 3.63) is 66.2 Å². The highest BCUT2D eigenvalue weighted by Gasteiger charge is 2.30. The zero-order valence-electron chi connectivity index (χ0n) is 15.3. The first-order valence-corrected chi connectivity index (χ1v) is 9.20. The number of piperidine rings is 1. The molecule has 0 aliphatic carbocycles. The fourth-order valence-electron chi connectivity index (χ4n) is 3.65. The molecule has 1 amide bonds. The van der Waals surface area contributed by atoms with Crippen LogP contribution in [0.25, 0.3) is 22.2 Å². The van der Waals surface area contributed by atoms with Gasteiger partial charge in [-0.15, -0.1) is 0 Å². The maximum Gasteiger partial charge on any atom is 0.254 e. The Hall–Kier alpha value is -2.76. The van der Waals surface area contributed by atoms with E-state index in [-0.39, 0.29) is 18.1 Å². The summed E-state index contributed by atoms with van der Waals surface area (Å²) in [7, 11) is 1.65. The van der Waals surface area contributed by atoms with Crippen LogP contribution in [0, 0.1) is 0 Å². The predicted molar refractivity (Wildman–Crippen MR) is 106 cm³/mol. The summed E-state index contributed by atoms with van der Waals surface area (Å²) in [5.41, 5.74) is 9.39. The number of aromatic nitrogens is 1. The molecule has 5 heteroatoms. The molecular formula is C22H23N3O2. The number of fused-ring (bicyclic) bond motifs is 1. The zero-order chi connectivity index (χ0) is 18.8. The molecule has 0 radical (unpaired) electrons. The number of hydrogen-bond acceptors (Lipinski definition) is 4. The van der Waals surface area contributed by atoms with Crippen molar-refractivity contribution in [2.75, 3.05) is 20.2 Å². The minimum absolute atomic E-state index is 0.000249. The second-order valence-corrected chi connectivity index (χ2v) is 6.92. The van der Waals surface area contributed by atoms with Crippen molar-refractivity contribution in [2.24, 2.45) is 5.73 Å². The molecule has 0 unspecified atom stereocenters. The maximum atomic E-state index is 13.4. The molecule has 2 heterocycles. The summed E-state index contributed by atoms with van der Waals surface area (Å²) in [6, 6.07) is 19.6. The number of para-hydroxylation sites is 1. The lowest BCUT2D eigenvalue weighted by atomic mass is 9.99. The third-order valence-electron chi connectivity index (χ3n) is 5.22. The highest BCUT2D eigenvalue weighted by molar-refractivity contribution is 6.07. The van der Waals surface area contributed by atoms with Gasteiger partial charge in [-0.05, 0) is 18.6 Å². The molecule has 1 fully saturated rings. The van der Waals surface area contributed by atoms with E-state index in [4.69, 9.17) is 15.5 Å². The van der Waals surface area contributed by atoms with Gasteiger partial charge >= 0.3 is 0 Å². The van der Waals surface area contributed by atoms with Crippen molar-refractivity contribution in [1.82, 2.24) is 9.88 Å². The first kappa shape index (κ1) is 17.6. The molecule has 2 aromatic carbocycles. The highest BCUT2D eigenvalue weighted by Crippen LogP contribution is 2.26. The summed E-state index contributed by atoms with van der Waals surface area (Å²) < 4.78 is 5.47. The second-order valence-electron chi connectivity index (χ2n) is 6.92. The lowest BCUT2D eigenvalue weighted by Crippen LogP contribution is -2.53. The van der Waals surface area contributed by atoms with Crippen molar-refractivity contribution < 1.29 is 9.53 Å². The van der Waals surface area contributed by atoms with Gasteiger partial charge in [0.25, 0.3) is 5.91 Å². The van der Waals surface area contributed by atoms with E-state index in [9.17, 15) is 4.79 Å². The molecule has 2 atom stereocenters. The number of hydrogen-bond donors (Lipinski definition) is 1. The fourth-order valence-corrected chi connectivity index (χ4v) is 3.65. The van der Waals surface area contributed by atoms with Crippen LogP contribution in [0.2, 0.25) is 0 Å². The van der Waals surface area contributed by atoms with Gasteiger partial charge in [-0.25, -0.2) is 4.98 Å². The minimum Gasteiger partial charge on any atom is -0.378 e. The standard InChI is InChI=1S/C22H23N3O2/c1-27-21-14-25(12-11-18(21)23)22(26)17-13-20(15-7-3-2-4-8-15)24-19-10-6-5-9-16(17)19/h2-10,13,18,21H,11-12,14,23H2,1H3/t18-,21+/m1/s1. The predicted octanol–water partition coefficient (Wildman–Crippen LogP) is 3.09. The maximum absolute atomic E-state index is 13.4. The van der Waals surface area contributed by atoms with Gasteiger partial charge in [0.05, 0.1) is 22.9 Å². The summed E-state index contributed by atoms with van der Waals surface area (Å²) >= 11 is 0. The van der Waals surface area contributed by atoms with Gasteiger partial charge in [-0.3, -0.25) is 4.79 Å². The molecule has 1 aliphatic heterocycles. The number of pyridine rings is 1. The van der Waals surface area contributed by atoms with E-state index < -0.39 is 0 Å². The molecule has 5 nitrogen and oxygen atoms in total. The van der Waals surface area contributed by atoms with Crippen molar-refractivity contribution in [3.63, 3.8) is 0 Å². The molecular weight excluding hydrogens is 338 g/mol. The Morgan fingerprint density at radius 1 is 1.15 bits per heavy atom. The van der Waals surface area contributed by atoms with E-state index in [1.807, 2.05) is 65.6 Å². The average Bonchev–Trinajstić information content (AvgIpc) is 2.73. The molecule has 1 aromatic heterocycles. The third kappa shape index (κ3) is 3.44. The van der Waals surface area contributed by atoms with Gasteiger partial charge in [-0.1, -0.05) is 48.5 Å². The van der Waals surface area contributed by atoms with Crippen molar-refractivity contribution in [2.45, 2.75) is 18.6 Å². The van der Waals surface area contributed by atoms with Crippen LogP contribution in [-0.2, 0) is 4.74 Å². The summed E-state index contributed by atoms with van der Waals surface area (Å²) in [4.78, 5) is 20.0. The van der Waals surface area contributed by atoms with Crippen LogP contribution in [0.5, 0.6) is 0 Å². The minimum atomic E-state index is -0.135. The number of ether oxygens (including phenoxy) is 1. The Balaban J connectivity index is 1.77. The molecule has 0 saturated carbocycles. The van der Waals surface area contributed by atoms with Gasteiger partial charge < -0.3 is 15.4 Å². The summed E-state index contributed by atoms with van der Waals surface area (Å²) in [6.07, 6.45) is 0.600. The van der Waals surface area contributed by atoms with E-state index >= 15 is 0 Å². The normalized spacial score (nSPS) is 20.0. The number of methoxy groups -OCH3 is 1. The molecule has 4 rings (SSSR count). The van der Waals surface area contributed by atoms with Crippen molar-refractivity contribution in [1.29, 1.82) is 0 Å². The van der Waals surface area contributed by atoms with Crippen LogP contribution < -0.4 is 5.73 Å². The molecule has 1 saturated heterocycles. The van der Waals surface area contributed by atoms with Gasteiger partial charge in [-0.2, -0.15) is 0 Å². The number of rotatable bonds is 3. The lowest BCUT2D eigenvalue weighted by molar-refractivity contribution is 0.0163. The van der Waals surface area contributed by atoms with E-state index in [0.29, 0.717) is 18.7 Å². The Labute approximate surface area is 158 Å². The molecule has 0 bridgehead atoms. The van der Waals surface area contributed by atoms with Crippen LogP contribution in [0.1, 0.15) is 16.8 Å². The van der Waals surface area contributed by atoms with E-state index in [1.165, 1.54) is 0 Å². The van der Waals surface area contributed by atoms with Crippen LogP contribution >= 0.6 is 0 Å². The Kier molecular flexibility index (Phi) is 4.88. The number of nitrogens with two attached hydrogens (primary N) is 1. The molecule has 27 heavy (non-hydrogen) atoms. The number of carbonyl (C=O) groups excluding carboxylic acids is 1. The smallest absolute Gasteiger partial charge is 0.254 e. The number of amides is 1. The van der Waals surface area contributed by atoms with Gasteiger partial charge in [0.15, 0.2) is 0 Å². The number of nitrogens with zero attached hydrogens (tertiary/aromatic N) is 2. The zero-order valence-corrected chi connectivity index (χ0v) is 15.3. The van der Waals surface area contributed by atoms with E-state index in [0.717, 1.165) is 28.6 Å². The second kappa shape index (κ2) is 7.47. The molecule has 138 valence electrons. The molecule has 2 N–H and O–H groups in total. The number of benzene rings is 2. The van der Waals surface area contributed by atoms with Crippen molar-refractivity contribution in [3.8, 4) is 11.3 Å². The lowest BCUT2D eigenvalue weighted by Gasteiger charge is -2.36. The number of carbonyl (C=O) groups is 1. The van der Waals surface area contributed by atoms with E-state index in [2.05, 4.69) is 0 Å². The first-order valence-electron chi connectivity index (χ1n) is 9.20. The largest absolute Gasteiger partial charge is 0.378 e. The molecule has 3 aromatic rings. The number of likely N-dealkylation sites (tertiary alicyclic amines) is 1. The molecule has 0 spiro atoms. The quantitative estimate of drug-likeness (QED) is 0.778. The average molecular weight is 361 g/mol. The van der Waals surface area contributed by atoms with Crippen LogP contribution in [0.4, 0.5) is 0 Å². The Morgan fingerprint density at radius 2 is 1.89 bits per heavy atom. The fraction of sp³-hybridized carbons (Fsp3) is 0.273. The van der Waals surface area contributed by atoms with Crippen LogP contribution in [0.3, 0.4) is 0 Å². The van der Waals surface area contributed by atoms with Crippen LogP contribution in [-0.4, -0.2) is 48.1 Å². The highest BCUT2D eigenvalue weighted by atomic mass is 16.5. The summed E-state index contributed by atoms with van der Waals surface area (Å²) in [5, 5.41) is 0.867. The van der Waals surface area contributed by atoms with Crippen LogP contribution in [0.15, 0.2) is 60.7 Å². The Bertz CT molecular complexity index is 958. The van der Waals surface area contributed by atoms with Gasteiger partial charge in [0.2, 0.25) is 0 Å². The first-order chi connectivity index (χ1) is 13.2. The monoisotopic (exact) mass is 361 g/mol. The van der Waals surface area contributed by atoms with Gasteiger partial charge in [0, 0.05) is 37.2 Å². The summed E-state index contributed by atoms with van der Waals surface area (Å²) in [6.45, 7) is 1.14.